The lowest BCUT2D eigenvalue weighted by Gasteiger charge is -2.31. The van der Waals surface area contributed by atoms with Crippen LogP contribution in [-0.4, -0.2) is 0 Å². The zero-order chi connectivity index (χ0) is 33.8. The highest BCUT2D eigenvalue weighted by molar-refractivity contribution is 7.26. The molecule has 0 atom stereocenters. The minimum Gasteiger partial charge on any atom is -0.309 e. The van der Waals surface area contributed by atoms with E-state index < -0.39 is 0 Å². The van der Waals surface area contributed by atoms with Gasteiger partial charge in [0.15, 0.2) is 0 Å². The maximum atomic E-state index is 2.57. The summed E-state index contributed by atoms with van der Waals surface area (Å²) in [6.07, 6.45) is 0. The van der Waals surface area contributed by atoms with Crippen molar-refractivity contribution in [3.8, 4) is 33.4 Å². The fourth-order valence-corrected chi connectivity index (χ4v) is 10.1. The Labute approximate surface area is 298 Å². The van der Waals surface area contributed by atoms with E-state index in [1.807, 2.05) is 11.3 Å². The van der Waals surface area contributed by atoms with Gasteiger partial charge in [-0.2, -0.15) is 0 Å². The Hall–Kier alpha value is -5.44. The summed E-state index contributed by atoms with van der Waals surface area (Å²) in [4.78, 5) is 2.57. The number of para-hydroxylation sites is 1. The molecule has 7 aromatic carbocycles. The minimum atomic E-state index is -0.135. The Kier molecular flexibility index (Phi) is 6.21. The second-order valence-electron chi connectivity index (χ2n) is 14.9. The fraction of sp³-hybridized carbons (Fsp3) is 0.125. The maximum absolute atomic E-state index is 2.57. The Balaban J connectivity index is 1.34. The number of hydrogen-bond donors (Lipinski definition) is 0. The summed E-state index contributed by atoms with van der Waals surface area (Å²) in [6.45, 7) is 9.55. The van der Waals surface area contributed by atoms with Crippen LogP contribution in [0.3, 0.4) is 0 Å². The second-order valence-corrected chi connectivity index (χ2v) is 16.0. The molecule has 2 aliphatic carbocycles. The lowest BCUT2D eigenvalue weighted by atomic mass is 9.82. The molecular weight excluding hydrogens is 623 g/mol. The number of hydrogen-bond acceptors (Lipinski definition) is 2. The minimum absolute atomic E-state index is 0.105. The van der Waals surface area contributed by atoms with Crippen LogP contribution in [0.4, 0.5) is 17.1 Å². The van der Waals surface area contributed by atoms with Crippen molar-refractivity contribution in [2.75, 3.05) is 4.90 Å². The van der Waals surface area contributed by atoms with Gasteiger partial charge >= 0.3 is 0 Å². The number of anilines is 3. The van der Waals surface area contributed by atoms with E-state index in [2.05, 4.69) is 184 Å². The molecule has 1 heterocycles. The van der Waals surface area contributed by atoms with Crippen LogP contribution in [0.5, 0.6) is 0 Å². The lowest BCUT2D eigenvalue weighted by Crippen LogP contribution is -2.18. The molecule has 0 radical (unpaired) electrons. The SMILES string of the molecule is CC1(C)c2ccccc2-c2ccc(N(c3ccccc3)c3c4c(cc5sc6ccc(-c7ccccc7)cc6c35)C(C)(C)c3ccccc3-4)cc21. The topological polar surface area (TPSA) is 3.24 Å². The van der Waals surface area contributed by atoms with Gasteiger partial charge in [0.05, 0.1) is 5.69 Å². The van der Waals surface area contributed by atoms with Gasteiger partial charge < -0.3 is 4.90 Å². The number of thiophene rings is 1. The van der Waals surface area contributed by atoms with E-state index in [1.54, 1.807) is 0 Å². The molecule has 0 fully saturated rings. The van der Waals surface area contributed by atoms with Crippen LogP contribution < -0.4 is 4.90 Å². The van der Waals surface area contributed by atoms with Crippen molar-refractivity contribution in [2.45, 2.75) is 38.5 Å². The monoisotopic (exact) mass is 659 g/mol. The van der Waals surface area contributed by atoms with Crippen LogP contribution in [0.2, 0.25) is 0 Å². The first-order chi connectivity index (χ1) is 24.3. The Morgan fingerprint density at radius 1 is 0.440 bits per heavy atom. The third kappa shape index (κ3) is 4.06. The molecule has 0 saturated carbocycles. The molecule has 0 amide bonds. The first kappa shape index (κ1) is 29.5. The van der Waals surface area contributed by atoms with E-state index in [-0.39, 0.29) is 10.8 Å². The lowest BCUT2D eigenvalue weighted by molar-refractivity contribution is 0.660. The first-order valence-corrected chi connectivity index (χ1v) is 18.4. The fourth-order valence-electron chi connectivity index (χ4n) is 8.92. The zero-order valence-electron chi connectivity index (χ0n) is 28.8. The van der Waals surface area contributed by atoms with E-state index in [4.69, 9.17) is 0 Å². The number of benzene rings is 7. The van der Waals surface area contributed by atoms with Crippen LogP contribution in [-0.2, 0) is 10.8 Å². The molecule has 240 valence electrons. The van der Waals surface area contributed by atoms with Crippen molar-refractivity contribution in [2.24, 2.45) is 0 Å². The van der Waals surface area contributed by atoms with Gasteiger partial charge in [-0.05, 0) is 92.5 Å². The van der Waals surface area contributed by atoms with Gasteiger partial charge in [0.1, 0.15) is 0 Å². The smallest absolute Gasteiger partial charge is 0.0636 e. The number of rotatable bonds is 4. The normalized spacial score (nSPS) is 14.7. The third-order valence-corrected chi connectivity index (χ3v) is 12.6. The Bertz CT molecular complexity index is 2640. The summed E-state index contributed by atoms with van der Waals surface area (Å²) < 4.78 is 2.64. The largest absolute Gasteiger partial charge is 0.309 e. The van der Waals surface area contributed by atoms with Crippen LogP contribution in [0.25, 0.3) is 53.6 Å². The summed E-state index contributed by atoms with van der Waals surface area (Å²) in [5, 5.41) is 2.63. The predicted octanol–water partition coefficient (Wildman–Crippen LogP) is 13.8. The molecule has 10 rings (SSSR count). The molecular formula is C48H37NS. The summed E-state index contributed by atoms with van der Waals surface area (Å²) in [7, 11) is 0. The van der Waals surface area contributed by atoms with Gasteiger partial charge in [0.25, 0.3) is 0 Å². The Morgan fingerprint density at radius 3 is 1.82 bits per heavy atom. The highest BCUT2D eigenvalue weighted by Gasteiger charge is 2.40. The van der Waals surface area contributed by atoms with Crippen molar-refractivity contribution in [1.82, 2.24) is 0 Å². The van der Waals surface area contributed by atoms with Crippen molar-refractivity contribution in [1.29, 1.82) is 0 Å². The summed E-state index contributed by atoms with van der Waals surface area (Å²) in [5.74, 6) is 0. The Morgan fingerprint density at radius 2 is 1.06 bits per heavy atom. The van der Waals surface area contributed by atoms with Crippen molar-refractivity contribution < 1.29 is 0 Å². The van der Waals surface area contributed by atoms with Crippen molar-refractivity contribution in [3.63, 3.8) is 0 Å². The third-order valence-electron chi connectivity index (χ3n) is 11.4. The maximum Gasteiger partial charge on any atom is 0.0636 e. The van der Waals surface area contributed by atoms with E-state index in [1.165, 1.54) is 87.2 Å². The predicted molar refractivity (Wildman–Crippen MR) is 215 cm³/mol. The van der Waals surface area contributed by atoms with Gasteiger partial charge in [0, 0.05) is 47.9 Å². The average Bonchev–Trinajstić information content (AvgIpc) is 3.71. The zero-order valence-corrected chi connectivity index (χ0v) is 29.6. The van der Waals surface area contributed by atoms with Crippen LogP contribution >= 0.6 is 11.3 Å². The summed E-state index contributed by atoms with van der Waals surface area (Å²) in [5.41, 5.74) is 16.8. The molecule has 0 bridgehead atoms. The van der Waals surface area contributed by atoms with Gasteiger partial charge in [-0.1, -0.05) is 137 Å². The van der Waals surface area contributed by atoms with E-state index in [9.17, 15) is 0 Å². The van der Waals surface area contributed by atoms with Gasteiger partial charge in [0.2, 0.25) is 0 Å². The molecule has 0 saturated heterocycles. The van der Waals surface area contributed by atoms with Gasteiger partial charge in [-0.15, -0.1) is 11.3 Å². The molecule has 50 heavy (non-hydrogen) atoms. The van der Waals surface area contributed by atoms with Gasteiger partial charge in [-0.25, -0.2) is 0 Å². The van der Waals surface area contributed by atoms with E-state index >= 15 is 0 Å². The second kappa shape index (κ2) is 10.5. The molecule has 2 aliphatic rings. The quantitative estimate of drug-likeness (QED) is 0.182. The van der Waals surface area contributed by atoms with Crippen molar-refractivity contribution >= 4 is 48.6 Å². The molecule has 0 spiro atoms. The number of fused-ring (bicyclic) bond motifs is 9. The van der Waals surface area contributed by atoms with Gasteiger partial charge in [-0.3, -0.25) is 0 Å². The molecule has 1 aromatic heterocycles. The first-order valence-electron chi connectivity index (χ1n) is 17.6. The standard InChI is InChI=1S/C48H37NS/c1-47(2)38-21-13-11-19-34(38)35-25-24-33(28-40(35)47)49(32-17-9-6-10-18-32)46-44-36-20-12-14-22-39(36)48(3,4)41(44)29-43-45(46)37-27-31(23-26-42(37)50-43)30-15-7-5-8-16-30/h5-29H,1-4H3. The van der Waals surface area contributed by atoms with Crippen molar-refractivity contribution in [3.05, 3.63) is 174 Å². The van der Waals surface area contributed by atoms with Crippen LogP contribution in [0.1, 0.15) is 49.9 Å². The molecule has 0 unspecified atom stereocenters. The average molecular weight is 660 g/mol. The van der Waals surface area contributed by atoms with Crippen LogP contribution in [0, 0.1) is 0 Å². The summed E-state index contributed by atoms with van der Waals surface area (Å²) in [6, 6.07) is 56.6. The molecule has 0 aliphatic heterocycles. The highest BCUT2D eigenvalue weighted by atomic mass is 32.1. The van der Waals surface area contributed by atoms with E-state index in [0.717, 1.165) is 5.69 Å². The van der Waals surface area contributed by atoms with E-state index in [0.29, 0.717) is 0 Å². The highest BCUT2D eigenvalue weighted by Crippen LogP contribution is 2.59. The summed E-state index contributed by atoms with van der Waals surface area (Å²) >= 11 is 1.92. The molecule has 0 N–H and O–H groups in total. The van der Waals surface area contributed by atoms with Crippen LogP contribution in [0.15, 0.2) is 152 Å². The number of nitrogens with zero attached hydrogens (tertiary/aromatic N) is 1. The molecule has 8 aromatic rings. The molecule has 2 heteroatoms. The molecule has 1 nitrogen and oxygen atoms in total.